The minimum atomic E-state index is -4.43. The first-order chi connectivity index (χ1) is 17.6. The molecular formula is C23H31F2N4O8P. The fraction of sp³-hybridized carbons (Fsp3) is 0.522. The van der Waals surface area contributed by atoms with Crippen LogP contribution in [-0.4, -0.2) is 58.0 Å². The molecule has 38 heavy (non-hydrogen) atoms. The number of nitrogens with one attached hydrogen (secondary N) is 1. The van der Waals surface area contributed by atoms with Crippen LogP contribution in [0.25, 0.3) is 0 Å². The number of hydrogen-bond donors (Lipinski definition) is 3. The number of ether oxygens (including phenoxy) is 2. The van der Waals surface area contributed by atoms with E-state index >= 15 is 0 Å². The molecule has 2 heterocycles. The van der Waals surface area contributed by atoms with Crippen molar-refractivity contribution in [2.75, 3.05) is 18.9 Å². The molecule has 15 heteroatoms. The number of alkyl halides is 2. The van der Waals surface area contributed by atoms with E-state index in [9.17, 15) is 28.0 Å². The van der Waals surface area contributed by atoms with Crippen LogP contribution in [0.4, 0.5) is 14.6 Å². The van der Waals surface area contributed by atoms with Crippen molar-refractivity contribution in [1.29, 1.82) is 0 Å². The number of nitrogens with zero attached hydrogens (tertiary/aromatic N) is 2. The molecule has 1 aromatic heterocycles. The van der Waals surface area contributed by atoms with E-state index in [1.807, 2.05) is 20.8 Å². The predicted octanol–water partition coefficient (Wildman–Crippen LogP) is 2.49. The number of carbonyl (C=O) groups excluding carboxylic acids is 1. The van der Waals surface area contributed by atoms with Crippen LogP contribution < -0.4 is 21.0 Å². The molecule has 2 aromatic rings. The van der Waals surface area contributed by atoms with Gasteiger partial charge in [-0.3, -0.25) is 13.9 Å². The first-order valence-electron chi connectivity index (χ1n) is 11.6. The maximum atomic E-state index is 14.9. The molecule has 1 aliphatic rings. The summed E-state index contributed by atoms with van der Waals surface area (Å²) in [4.78, 5) is 27.9. The van der Waals surface area contributed by atoms with Gasteiger partial charge in [-0.05, 0) is 30.5 Å². The summed E-state index contributed by atoms with van der Waals surface area (Å²) in [5.74, 6) is -4.79. The van der Waals surface area contributed by atoms with E-state index in [4.69, 9.17) is 24.3 Å². The molecule has 1 aromatic carbocycles. The Morgan fingerprint density at radius 2 is 1.97 bits per heavy atom. The molecule has 0 saturated carbocycles. The largest absolute Gasteiger partial charge is 0.464 e. The number of halogens is 2. The Hall–Kier alpha value is -2.90. The lowest BCUT2D eigenvalue weighted by molar-refractivity contribution is -0.148. The highest BCUT2D eigenvalue weighted by atomic mass is 31.2. The summed E-state index contributed by atoms with van der Waals surface area (Å²) in [5, 5.41) is 12.7. The van der Waals surface area contributed by atoms with Gasteiger partial charge in [-0.2, -0.15) is 18.9 Å². The van der Waals surface area contributed by atoms with E-state index in [0.717, 1.165) is 12.3 Å². The van der Waals surface area contributed by atoms with Gasteiger partial charge < -0.3 is 24.8 Å². The van der Waals surface area contributed by atoms with Crippen LogP contribution in [0.1, 0.15) is 33.9 Å². The molecule has 1 fully saturated rings. The number of aliphatic hydroxyl groups is 1. The van der Waals surface area contributed by atoms with Crippen molar-refractivity contribution >= 4 is 19.5 Å². The minimum Gasteiger partial charge on any atom is -0.464 e. The first kappa shape index (κ1) is 29.7. The van der Waals surface area contributed by atoms with Gasteiger partial charge in [0.1, 0.15) is 23.7 Å². The summed E-state index contributed by atoms with van der Waals surface area (Å²) in [6.45, 7) is 6.16. The summed E-state index contributed by atoms with van der Waals surface area (Å²) >= 11 is 0. The SMILES string of the molecule is C[C@H](NP(=O)(OC[C@H]1O[C@@H](n2ccc(N)nc2=O)C(F)(F)[C@@H]1O)Oc1ccccc1)C(=O)OCC(C)(C)C. The van der Waals surface area contributed by atoms with Crippen molar-refractivity contribution in [3.63, 3.8) is 0 Å². The van der Waals surface area contributed by atoms with Gasteiger partial charge in [-0.1, -0.05) is 39.0 Å². The quantitative estimate of drug-likeness (QED) is 0.289. The highest BCUT2D eigenvalue weighted by Crippen LogP contribution is 2.48. The van der Waals surface area contributed by atoms with Crippen molar-refractivity contribution in [3.05, 3.63) is 53.1 Å². The van der Waals surface area contributed by atoms with Gasteiger partial charge in [0, 0.05) is 6.20 Å². The molecule has 0 aliphatic carbocycles. The zero-order valence-electron chi connectivity index (χ0n) is 21.2. The van der Waals surface area contributed by atoms with Crippen molar-refractivity contribution in [2.45, 2.75) is 58.1 Å². The van der Waals surface area contributed by atoms with Gasteiger partial charge in [0.25, 0.3) is 0 Å². The van der Waals surface area contributed by atoms with Gasteiger partial charge >= 0.3 is 25.3 Å². The van der Waals surface area contributed by atoms with Crippen LogP contribution in [0.5, 0.6) is 5.75 Å². The summed E-state index contributed by atoms with van der Waals surface area (Å²) in [5.41, 5.74) is 3.96. The van der Waals surface area contributed by atoms with E-state index < -0.39 is 56.4 Å². The van der Waals surface area contributed by atoms with Crippen molar-refractivity contribution in [3.8, 4) is 5.75 Å². The molecule has 1 aliphatic heterocycles. The lowest BCUT2D eigenvalue weighted by Gasteiger charge is -2.25. The lowest BCUT2D eigenvalue weighted by atomic mass is 9.99. The number of aromatic nitrogens is 2. The number of nitrogen functional groups attached to an aromatic ring is 1. The molecule has 0 spiro atoms. The smallest absolute Gasteiger partial charge is 0.459 e. The van der Waals surface area contributed by atoms with Crippen LogP contribution in [-0.2, 0) is 23.4 Å². The van der Waals surface area contributed by atoms with Gasteiger partial charge in [0.2, 0.25) is 6.23 Å². The Morgan fingerprint density at radius 3 is 2.58 bits per heavy atom. The fourth-order valence-corrected chi connectivity index (χ4v) is 4.80. The third-order valence-corrected chi connectivity index (χ3v) is 6.86. The van der Waals surface area contributed by atoms with Crippen molar-refractivity contribution in [1.82, 2.24) is 14.6 Å². The third-order valence-electron chi connectivity index (χ3n) is 5.21. The van der Waals surface area contributed by atoms with E-state index in [2.05, 4.69) is 10.1 Å². The maximum Gasteiger partial charge on any atom is 0.459 e. The molecule has 3 rings (SSSR count). The summed E-state index contributed by atoms with van der Waals surface area (Å²) < 4.78 is 65.1. The Kier molecular flexibility index (Phi) is 8.94. The van der Waals surface area contributed by atoms with Crippen LogP contribution in [0.3, 0.4) is 0 Å². The van der Waals surface area contributed by atoms with Gasteiger partial charge in [0.15, 0.2) is 6.10 Å². The van der Waals surface area contributed by atoms with Gasteiger partial charge in [-0.25, -0.2) is 9.36 Å². The molecule has 0 amide bonds. The molecule has 0 radical (unpaired) electrons. The molecule has 12 nitrogen and oxygen atoms in total. The Labute approximate surface area is 217 Å². The van der Waals surface area contributed by atoms with Gasteiger partial charge in [0.05, 0.1) is 13.2 Å². The summed E-state index contributed by atoms with van der Waals surface area (Å²) in [6, 6.07) is 7.72. The molecule has 1 unspecified atom stereocenters. The molecule has 210 valence electrons. The number of aliphatic hydroxyl groups excluding tert-OH is 1. The zero-order chi connectivity index (χ0) is 28.3. The summed E-state index contributed by atoms with van der Waals surface area (Å²) in [7, 11) is -4.43. The van der Waals surface area contributed by atoms with Gasteiger partial charge in [-0.15, -0.1) is 0 Å². The van der Waals surface area contributed by atoms with Crippen LogP contribution in [0.2, 0.25) is 0 Å². The molecule has 4 N–H and O–H groups in total. The van der Waals surface area contributed by atoms with Crippen LogP contribution in [0, 0.1) is 5.41 Å². The number of rotatable bonds is 10. The number of nitrogens with two attached hydrogens (primary N) is 1. The average molecular weight is 560 g/mol. The van der Waals surface area contributed by atoms with Crippen LogP contribution in [0.15, 0.2) is 47.4 Å². The monoisotopic (exact) mass is 560 g/mol. The zero-order valence-corrected chi connectivity index (χ0v) is 22.1. The second kappa shape index (κ2) is 11.5. The summed E-state index contributed by atoms with van der Waals surface area (Å²) in [6.07, 6.45) is -5.47. The predicted molar refractivity (Wildman–Crippen MR) is 131 cm³/mol. The molecule has 0 bridgehead atoms. The number of benzene rings is 1. The lowest BCUT2D eigenvalue weighted by Crippen LogP contribution is -2.42. The minimum absolute atomic E-state index is 0.0838. The third kappa shape index (κ3) is 7.35. The maximum absolute atomic E-state index is 14.9. The number of esters is 1. The van der Waals surface area contributed by atoms with E-state index in [1.165, 1.54) is 19.1 Å². The Balaban J connectivity index is 1.77. The van der Waals surface area contributed by atoms with Crippen molar-refractivity contribution < 1.29 is 41.8 Å². The average Bonchev–Trinajstić information content (AvgIpc) is 3.04. The normalized spacial score (nSPS) is 23.4. The second-order valence-corrected chi connectivity index (χ2v) is 11.6. The number of para-hydroxylation sites is 1. The first-order valence-corrected chi connectivity index (χ1v) is 13.2. The van der Waals surface area contributed by atoms with E-state index in [0.29, 0.717) is 4.57 Å². The Morgan fingerprint density at radius 1 is 1.32 bits per heavy atom. The number of hydrogen-bond acceptors (Lipinski definition) is 10. The highest BCUT2D eigenvalue weighted by Gasteiger charge is 2.60. The fourth-order valence-electron chi connectivity index (χ4n) is 3.29. The van der Waals surface area contributed by atoms with Crippen LogP contribution >= 0.6 is 7.75 Å². The second-order valence-electron chi connectivity index (χ2n) is 9.91. The Bertz CT molecular complexity index is 1220. The molecule has 1 saturated heterocycles. The van der Waals surface area contributed by atoms with Crippen molar-refractivity contribution in [2.24, 2.45) is 5.41 Å². The molecular weight excluding hydrogens is 529 g/mol. The standard InChI is InChI=1S/C23H31F2N4O8P/c1-14(19(31)34-13-22(2,3)4)28-38(33,37-15-8-6-5-7-9-15)35-12-16-18(30)23(24,25)20(36-16)29-11-10-17(26)27-21(29)32/h5-11,14,16,18,20,30H,12-13H2,1-4H3,(H,28,33)(H2,26,27,32)/t14-,16+,18+,20+,38?/m0/s1. The molecule has 5 atom stereocenters. The number of anilines is 1. The topological polar surface area (TPSA) is 164 Å². The van der Waals surface area contributed by atoms with E-state index in [1.54, 1.807) is 18.2 Å². The number of carbonyl (C=O) groups is 1. The van der Waals surface area contributed by atoms with E-state index in [-0.39, 0.29) is 23.6 Å². The highest BCUT2D eigenvalue weighted by molar-refractivity contribution is 7.52.